The third-order valence-corrected chi connectivity index (χ3v) is 20.8. The molecule has 2 aromatic heterocycles. The highest BCUT2D eigenvalue weighted by atomic mass is 32.1. The van der Waals surface area contributed by atoms with E-state index in [9.17, 15) is 0 Å². The summed E-state index contributed by atoms with van der Waals surface area (Å²) in [5.41, 5.74) is 26.8. The largest absolute Gasteiger partial charge is 0.310 e. The molecule has 0 unspecified atom stereocenters. The molecular formula is C80H60N2S2. The average Bonchev–Trinajstić information content (AvgIpc) is 3.95. The number of hydrogen-bond donors (Lipinski definition) is 0. The van der Waals surface area contributed by atoms with Gasteiger partial charge >= 0.3 is 0 Å². The lowest BCUT2D eigenvalue weighted by molar-refractivity contribution is 0.660. The van der Waals surface area contributed by atoms with Crippen LogP contribution < -0.4 is 9.80 Å². The maximum atomic E-state index is 2.52. The number of aryl methyl sites for hydroxylation is 2. The summed E-state index contributed by atoms with van der Waals surface area (Å²) in [7, 11) is 0. The lowest BCUT2D eigenvalue weighted by Crippen LogP contribution is -2.17. The summed E-state index contributed by atoms with van der Waals surface area (Å²) in [4.78, 5) is 5.03. The van der Waals surface area contributed by atoms with Crippen LogP contribution in [-0.2, 0) is 10.8 Å². The summed E-state index contributed by atoms with van der Waals surface area (Å²) in [5.74, 6) is 0. The Balaban J connectivity index is 0.825. The molecule has 402 valence electrons. The van der Waals surface area contributed by atoms with Crippen LogP contribution in [0.4, 0.5) is 34.1 Å². The molecule has 0 aliphatic heterocycles. The Morgan fingerprint density at radius 2 is 0.619 bits per heavy atom. The molecule has 0 radical (unpaired) electrons. The van der Waals surface area contributed by atoms with Crippen molar-refractivity contribution in [3.05, 3.63) is 288 Å². The SMILES string of the molecule is Cc1cc(-c2ccc(N(c3ccc4c(c3)C(C)(C)c3ccccc3-4)c3ccccc3-c3ccc4sc5ccccc5c4c3)c(C)c2)ccc1N(c1ccc2c(c1)C(C)(C)c1ccccc1-2)c1ccccc1-c1ccc2sc3ccccc3c2c1. The Hall–Kier alpha value is -9.32. The van der Waals surface area contributed by atoms with E-state index in [-0.39, 0.29) is 10.8 Å². The quantitative estimate of drug-likeness (QED) is 0.142. The zero-order valence-electron chi connectivity index (χ0n) is 48.0. The van der Waals surface area contributed by atoms with E-state index in [1.807, 2.05) is 22.7 Å². The smallest absolute Gasteiger partial charge is 0.0540 e. The minimum atomic E-state index is -0.157. The second-order valence-corrected chi connectivity index (χ2v) is 26.3. The standard InChI is InChI=1S/C80H60N2S2/c1-49-43-51(31-39-71(49)81(55-35-37-61-59-21-7-13-25-67(59)79(3,4)69(61)47-55)73-27-15-9-19-57(73)53-33-41-77-65(45-53)63-23-11-17-29-75(63)83-77)52-32-40-72(50(2)44-52)82(56-36-38-62-60-22-8-14-26-68(60)80(5,6)70(62)48-56)74-28-16-10-20-58(74)54-34-42-78-66(46-54)64-24-12-18-30-76(64)84-78/h7-48H,1-6H3. The molecule has 0 bridgehead atoms. The van der Waals surface area contributed by atoms with Crippen molar-refractivity contribution in [1.82, 2.24) is 0 Å². The lowest BCUT2D eigenvalue weighted by atomic mass is 9.82. The fourth-order valence-electron chi connectivity index (χ4n) is 14.3. The number of rotatable bonds is 9. The average molecular weight is 1110 g/mol. The third kappa shape index (κ3) is 7.81. The van der Waals surface area contributed by atoms with E-state index < -0.39 is 0 Å². The molecule has 84 heavy (non-hydrogen) atoms. The van der Waals surface area contributed by atoms with Gasteiger partial charge in [-0.2, -0.15) is 0 Å². The van der Waals surface area contributed by atoms with E-state index in [1.54, 1.807) is 0 Å². The van der Waals surface area contributed by atoms with Crippen LogP contribution in [0.2, 0.25) is 0 Å². The van der Waals surface area contributed by atoms with E-state index in [0.717, 1.165) is 34.1 Å². The maximum absolute atomic E-state index is 2.52. The third-order valence-electron chi connectivity index (χ3n) is 18.5. The van der Waals surface area contributed by atoms with Crippen LogP contribution in [0.15, 0.2) is 255 Å². The summed E-state index contributed by atoms with van der Waals surface area (Å²) in [5, 5.41) is 5.21. The summed E-state index contributed by atoms with van der Waals surface area (Å²) in [6.45, 7) is 14.1. The van der Waals surface area contributed by atoms with Crippen molar-refractivity contribution in [3.63, 3.8) is 0 Å². The molecule has 2 nitrogen and oxygen atoms in total. The number of nitrogens with zero attached hydrogens (tertiary/aromatic N) is 2. The van der Waals surface area contributed by atoms with Crippen LogP contribution >= 0.6 is 22.7 Å². The van der Waals surface area contributed by atoms with E-state index in [1.165, 1.54) is 129 Å². The molecule has 0 spiro atoms. The van der Waals surface area contributed by atoms with Crippen LogP contribution in [0, 0.1) is 13.8 Å². The molecule has 0 saturated heterocycles. The first-order valence-electron chi connectivity index (χ1n) is 29.3. The van der Waals surface area contributed by atoms with Crippen molar-refractivity contribution < 1.29 is 0 Å². The van der Waals surface area contributed by atoms with Gasteiger partial charge in [-0.25, -0.2) is 0 Å². The molecule has 12 aromatic carbocycles. The fraction of sp³-hybridized carbons (Fsp3) is 0.100. The molecule has 2 heterocycles. The first kappa shape index (κ1) is 50.4. The molecule has 16 rings (SSSR count). The Morgan fingerprint density at radius 3 is 1.06 bits per heavy atom. The van der Waals surface area contributed by atoms with Gasteiger partial charge in [-0.3, -0.25) is 0 Å². The van der Waals surface area contributed by atoms with Crippen molar-refractivity contribution in [3.8, 4) is 55.6 Å². The molecule has 14 aromatic rings. The van der Waals surface area contributed by atoms with Gasteiger partial charge in [-0.1, -0.05) is 185 Å². The Bertz CT molecular complexity index is 4710. The van der Waals surface area contributed by atoms with Crippen molar-refractivity contribution >= 4 is 97.1 Å². The predicted octanol–water partition coefficient (Wildman–Crippen LogP) is 23.6. The van der Waals surface area contributed by atoms with Gasteiger partial charge in [-0.05, 0) is 189 Å². The highest BCUT2D eigenvalue weighted by molar-refractivity contribution is 7.26. The first-order chi connectivity index (χ1) is 41.0. The molecule has 2 aliphatic rings. The first-order valence-corrected chi connectivity index (χ1v) is 30.9. The van der Waals surface area contributed by atoms with E-state index in [0.29, 0.717) is 0 Å². The van der Waals surface area contributed by atoms with Crippen molar-refractivity contribution in [2.45, 2.75) is 52.4 Å². The van der Waals surface area contributed by atoms with Crippen molar-refractivity contribution in [2.24, 2.45) is 0 Å². The second kappa shape index (κ2) is 19.1. The Labute approximate surface area is 499 Å². The fourth-order valence-corrected chi connectivity index (χ4v) is 16.4. The molecule has 0 saturated carbocycles. The van der Waals surface area contributed by atoms with E-state index in [4.69, 9.17) is 0 Å². The topological polar surface area (TPSA) is 6.48 Å². The number of hydrogen-bond acceptors (Lipinski definition) is 4. The van der Waals surface area contributed by atoms with Gasteiger partial charge in [-0.15, -0.1) is 22.7 Å². The maximum Gasteiger partial charge on any atom is 0.0540 e. The highest BCUT2D eigenvalue weighted by Gasteiger charge is 2.38. The molecule has 0 atom stereocenters. The van der Waals surface area contributed by atoms with Crippen LogP contribution in [-0.4, -0.2) is 0 Å². The van der Waals surface area contributed by atoms with E-state index >= 15 is 0 Å². The molecule has 0 fully saturated rings. The molecule has 0 amide bonds. The summed E-state index contributed by atoms with van der Waals surface area (Å²) >= 11 is 3.73. The highest BCUT2D eigenvalue weighted by Crippen LogP contribution is 2.54. The monoisotopic (exact) mass is 1110 g/mol. The molecular weight excluding hydrogens is 1050 g/mol. The van der Waals surface area contributed by atoms with Gasteiger partial charge in [0.2, 0.25) is 0 Å². The lowest BCUT2D eigenvalue weighted by Gasteiger charge is -2.31. The van der Waals surface area contributed by atoms with Crippen LogP contribution in [0.3, 0.4) is 0 Å². The van der Waals surface area contributed by atoms with Gasteiger partial charge in [0.25, 0.3) is 0 Å². The number of benzene rings is 12. The van der Waals surface area contributed by atoms with Crippen LogP contribution in [0.5, 0.6) is 0 Å². The van der Waals surface area contributed by atoms with Crippen molar-refractivity contribution in [2.75, 3.05) is 9.80 Å². The van der Waals surface area contributed by atoms with Crippen LogP contribution in [0.25, 0.3) is 96.0 Å². The Morgan fingerprint density at radius 1 is 0.262 bits per heavy atom. The van der Waals surface area contributed by atoms with E-state index in [2.05, 4.69) is 306 Å². The van der Waals surface area contributed by atoms with Gasteiger partial charge in [0.1, 0.15) is 0 Å². The molecule has 2 aliphatic carbocycles. The second-order valence-electron chi connectivity index (χ2n) is 24.1. The van der Waals surface area contributed by atoms with Gasteiger partial charge in [0, 0.05) is 85.1 Å². The number of para-hydroxylation sites is 2. The minimum absolute atomic E-state index is 0.157. The number of thiophene rings is 2. The molecule has 0 N–H and O–H groups in total. The van der Waals surface area contributed by atoms with Gasteiger partial charge in [0.15, 0.2) is 0 Å². The zero-order valence-corrected chi connectivity index (χ0v) is 49.6. The summed E-state index contributed by atoms with van der Waals surface area (Å²) in [6, 6.07) is 96.0. The van der Waals surface area contributed by atoms with Crippen LogP contribution in [0.1, 0.15) is 61.1 Å². The number of anilines is 6. The molecule has 4 heteroatoms. The predicted molar refractivity (Wildman–Crippen MR) is 362 cm³/mol. The summed E-state index contributed by atoms with van der Waals surface area (Å²) < 4.78 is 5.25. The van der Waals surface area contributed by atoms with Gasteiger partial charge in [0.05, 0.1) is 11.4 Å². The van der Waals surface area contributed by atoms with Crippen molar-refractivity contribution in [1.29, 1.82) is 0 Å². The van der Waals surface area contributed by atoms with Gasteiger partial charge < -0.3 is 9.80 Å². The Kier molecular flexibility index (Phi) is 11.5. The minimum Gasteiger partial charge on any atom is -0.310 e. The summed E-state index contributed by atoms with van der Waals surface area (Å²) in [6.07, 6.45) is 0. The zero-order chi connectivity index (χ0) is 56.6. The number of fused-ring (bicyclic) bond motifs is 12. The normalized spacial score (nSPS) is 13.5.